The molecule has 0 aliphatic heterocycles. The number of benzene rings is 5. The van der Waals surface area contributed by atoms with Crippen molar-refractivity contribution in [3.8, 4) is 54.1 Å². The van der Waals surface area contributed by atoms with Crippen molar-refractivity contribution in [2.24, 2.45) is 29.6 Å². The van der Waals surface area contributed by atoms with E-state index in [1.165, 1.54) is 29.3 Å². The molecule has 5 aromatic carbocycles. The predicted octanol–water partition coefficient (Wildman–Crippen LogP) is 16.4. The van der Waals surface area contributed by atoms with Crippen LogP contribution in [-0.2, 0) is 32.1 Å². The highest BCUT2D eigenvalue weighted by Gasteiger charge is 2.32. The normalized spacial score (nSPS) is 10.3. The Morgan fingerprint density at radius 3 is 1.21 bits per heavy atom. The molecule has 0 amide bonds. The molecule has 0 saturated carbocycles. The second-order valence-corrected chi connectivity index (χ2v) is 18.4. The van der Waals surface area contributed by atoms with Crippen molar-refractivity contribution in [3.05, 3.63) is 171 Å². The summed E-state index contributed by atoms with van der Waals surface area (Å²) in [7, 11) is 0. The Morgan fingerprint density at radius 1 is 0.441 bits per heavy atom. The second-order valence-electron chi connectivity index (χ2n) is 18.4. The third-order valence-electron chi connectivity index (χ3n) is 9.21. The molecule has 0 aliphatic carbocycles. The van der Waals surface area contributed by atoms with Gasteiger partial charge in [0, 0.05) is 11.1 Å². The molecular weight excluding hydrogens is 863 g/mol. The lowest BCUT2D eigenvalue weighted by molar-refractivity contribution is -0.275. The Kier molecular flexibility index (Phi) is 27.8. The smallest absolute Gasteiger partial charge is 0.403 e. The van der Waals surface area contributed by atoms with Gasteiger partial charge in [0.2, 0.25) is 0 Å². The monoisotopic (exact) mass is 933 g/mol. The average molecular weight is 933 g/mol. The summed E-state index contributed by atoms with van der Waals surface area (Å²) in [6, 6.07) is 30.3. The summed E-state index contributed by atoms with van der Waals surface area (Å²) in [6.07, 6.45) is 10.3. The van der Waals surface area contributed by atoms with Crippen LogP contribution in [0.1, 0.15) is 133 Å². The zero-order chi connectivity index (χ0) is 51.4. The first kappa shape index (κ1) is 59.7. The standard InChI is InChI=1S/C13H15F.C13H16.C12H13F.C12H14.C11H12F4O/c1-4-5-12-9-11(8-10(2)3)6-7-13(12)14;1-4-6-12-7-5-8-13(10-12)9-11(2)3;1-4-11-8-10(7-9(2)3)5-6-12(11)13;1-4-11-6-5-7-12(9-11)8-10(2)3;1-7(2)5-8-3-4-9(12)10(6-8)16-11(13,14)15/h6-7,9-10H,8H2,1-3H3;5,7-8,10-11H,9H2,1-3H3;1,5-6,8-9H,7H2,2-3H3;1,5-7,9-10H,8H2,2-3H3;3-4,6-7H,5H2,1-2H3. The molecule has 5 rings (SSSR count). The van der Waals surface area contributed by atoms with Crippen LogP contribution >= 0.6 is 0 Å². The van der Waals surface area contributed by atoms with Crippen LogP contribution in [0.15, 0.2) is 103 Å². The van der Waals surface area contributed by atoms with Gasteiger partial charge in [-0.1, -0.05) is 135 Å². The van der Waals surface area contributed by atoms with Crippen LogP contribution in [0.2, 0.25) is 0 Å². The summed E-state index contributed by atoms with van der Waals surface area (Å²) in [5.74, 6) is 17.0. The van der Waals surface area contributed by atoms with Crippen LogP contribution in [0.5, 0.6) is 5.75 Å². The molecular formula is C61H70F6O. The number of hydrogen-bond acceptors (Lipinski definition) is 1. The molecule has 0 atom stereocenters. The highest BCUT2D eigenvalue weighted by atomic mass is 19.4. The first-order valence-electron chi connectivity index (χ1n) is 23.1. The maximum atomic E-state index is 13.2. The van der Waals surface area contributed by atoms with E-state index in [4.69, 9.17) is 12.8 Å². The zero-order valence-electron chi connectivity index (χ0n) is 42.1. The molecule has 362 valence electrons. The molecule has 0 heterocycles. The van der Waals surface area contributed by atoms with E-state index in [1.807, 2.05) is 45.0 Å². The van der Waals surface area contributed by atoms with E-state index in [1.54, 1.807) is 19.1 Å². The Bertz CT molecular complexity index is 2490. The van der Waals surface area contributed by atoms with Gasteiger partial charge in [-0.3, -0.25) is 0 Å². The summed E-state index contributed by atoms with van der Waals surface area (Å²) in [5, 5.41) is 0. The molecule has 0 bridgehead atoms. The lowest BCUT2D eigenvalue weighted by Gasteiger charge is -2.11. The van der Waals surface area contributed by atoms with Crippen molar-refractivity contribution in [2.75, 3.05) is 0 Å². The zero-order valence-corrected chi connectivity index (χ0v) is 42.1. The minimum absolute atomic E-state index is 0.230. The fourth-order valence-electron chi connectivity index (χ4n) is 6.68. The van der Waals surface area contributed by atoms with E-state index < -0.39 is 17.9 Å². The van der Waals surface area contributed by atoms with E-state index in [2.05, 4.69) is 132 Å². The van der Waals surface area contributed by atoms with Crippen LogP contribution in [-0.4, -0.2) is 6.36 Å². The van der Waals surface area contributed by atoms with Gasteiger partial charge in [0.1, 0.15) is 11.6 Å². The van der Waals surface area contributed by atoms with Gasteiger partial charge < -0.3 is 4.74 Å². The lowest BCUT2D eigenvalue weighted by atomic mass is 10.0. The van der Waals surface area contributed by atoms with Gasteiger partial charge in [-0.2, -0.15) is 0 Å². The molecule has 0 radical (unpaired) electrons. The van der Waals surface area contributed by atoms with Crippen LogP contribution < -0.4 is 4.74 Å². The third-order valence-corrected chi connectivity index (χ3v) is 9.21. The van der Waals surface area contributed by atoms with Crippen LogP contribution in [0.3, 0.4) is 0 Å². The van der Waals surface area contributed by atoms with E-state index >= 15 is 0 Å². The van der Waals surface area contributed by atoms with Crippen molar-refractivity contribution in [2.45, 2.75) is 122 Å². The summed E-state index contributed by atoms with van der Waals surface area (Å²) in [6.45, 7) is 24.9. The van der Waals surface area contributed by atoms with Gasteiger partial charge in [-0.25, -0.2) is 13.2 Å². The first-order chi connectivity index (χ1) is 32.0. The van der Waals surface area contributed by atoms with Gasteiger partial charge in [0.25, 0.3) is 0 Å². The Morgan fingerprint density at radius 2 is 0.809 bits per heavy atom. The molecule has 5 aromatic rings. The number of halogens is 6. The summed E-state index contributed by atoms with van der Waals surface area (Å²) in [4.78, 5) is 0. The molecule has 1 nitrogen and oxygen atoms in total. The fourth-order valence-corrected chi connectivity index (χ4v) is 6.68. The highest BCUT2D eigenvalue weighted by molar-refractivity contribution is 5.40. The quantitative estimate of drug-likeness (QED) is 0.0947. The minimum Gasteiger partial charge on any atom is -0.403 e. The van der Waals surface area contributed by atoms with E-state index in [-0.39, 0.29) is 17.6 Å². The van der Waals surface area contributed by atoms with E-state index in [9.17, 15) is 26.3 Å². The molecule has 0 saturated heterocycles. The lowest BCUT2D eigenvalue weighted by Crippen LogP contribution is -2.18. The number of hydrogen-bond donors (Lipinski definition) is 0. The van der Waals surface area contributed by atoms with Crippen molar-refractivity contribution in [1.29, 1.82) is 0 Å². The number of terminal acetylenes is 2. The maximum absolute atomic E-state index is 13.2. The molecule has 0 spiro atoms. The molecule has 0 N–H and O–H groups in total. The van der Waals surface area contributed by atoms with Gasteiger partial charge in [-0.15, -0.1) is 37.9 Å². The fraction of sp³-hybridized carbons (Fsp3) is 0.377. The Balaban J connectivity index is 0.000000426. The summed E-state index contributed by atoms with van der Waals surface area (Å²) >= 11 is 0. The van der Waals surface area contributed by atoms with Crippen molar-refractivity contribution < 1.29 is 31.1 Å². The molecule has 0 aromatic heterocycles. The van der Waals surface area contributed by atoms with Crippen molar-refractivity contribution in [3.63, 3.8) is 0 Å². The number of alkyl halides is 3. The second kappa shape index (κ2) is 31.6. The van der Waals surface area contributed by atoms with Crippen LogP contribution in [0.25, 0.3) is 0 Å². The van der Waals surface area contributed by atoms with Gasteiger partial charge in [-0.05, 0) is 164 Å². The topological polar surface area (TPSA) is 9.23 Å². The number of ether oxygens (including phenoxy) is 1. The highest BCUT2D eigenvalue weighted by Crippen LogP contribution is 2.27. The average Bonchev–Trinajstić information content (AvgIpc) is 3.24. The maximum Gasteiger partial charge on any atom is 0.573 e. The minimum atomic E-state index is -4.86. The van der Waals surface area contributed by atoms with Gasteiger partial charge >= 0.3 is 6.36 Å². The van der Waals surface area contributed by atoms with E-state index in [0.29, 0.717) is 46.8 Å². The number of rotatable bonds is 11. The van der Waals surface area contributed by atoms with Crippen LogP contribution in [0.4, 0.5) is 26.3 Å². The van der Waals surface area contributed by atoms with Crippen molar-refractivity contribution in [1.82, 2.24) is 0 Å². The Labute approximate surface area is 405 Å². The summed E-state index contributed by atoms with van der Waals surface area (Å²) < 4.78 is 78.5. The molecule has 0 aliphatic rings. The van der Waals surface area contributed by atoms with Crippen LogP contribution in [0, 0.1) is 95.4 Å². The van der Waals surface area contributed by atoms with Crippen molar-refractivity contribution >= 4 is 0 Å². The predicted molar refractivity (Wildman–Crippen MR) is 272 cm³/mol. The van der Waals surface area contributed by atoms with E-state index in [0.717, 1.165) is 60.1 Å². The summed E-state index contributed by atoms with van der Waals surface area (Å²) in [5.41, 5.74) is 8.56. The van der Waals surface area contributed by atoms with Gasteiger partial charge in [0.05, 0.1) is 11.1 Å². The SMILES string of the molecule is C#Cc1cc(CC(C)C)ccc1F.C#Cc1cccc(CC(C)C)c1.CC#Cc1cc(CC(C)C)ccc1F.CC#Cc1cccc(CC(C)C)c1.CC(C)Cc1ccc(F)c(OC(F)(F)F)c1. The molecule has 0 unspecified atom stereocenters. The largest absolute Gasteiger partial charge is 0.573 e. The molecule has 0 fully saturated rings. The van der Waals surface area contributed by atoms with Gasteiger partial charge in [0.15, 0.2) is 11.6 Å². The molecule has 68 heavy (non-hydrogen) atoms. The Hall–Kier alpha value is -6.28. The first-order valence-corrected chi connectivity index (χ1v) is 23.1. The molecule has 7 heteroatoms. The third kappa shape index (κ3) is 26.8.